The van der Waals surface area contributed by atoms with Crippen molar-refractivity contribution >= 4 is 61.1 Å². The first kappa shape index (κ1) is 40.5. The Morgan fingerprint density at radius 1 is 0.619 bits per heavy atom. The van der Waals surface area contributed by atoms with E-state index < -0.39 is 0 Å². The van der Waals surface area contributed by atoms with Crippen molar-refractivity contribution in [3.8, 4) is 33.8 Å². The van der Waals surface area contributed by atoms with Crippen LogP contribution >= 0.6 is 0 Å². The van der Waals surface area contributed by atoms with Crippen LogP contribution in [0.25, 0.3) is 94.8 Å². The number of para-hydroxylation sites is 2. The van der Waals surface area contributed by atoms with Crippen molar-refractivity contribution in [3.05, 3.63) is 231 Å². The minimum Gasteiger partial charge on any atom is -0.314 e. The Labute approximate surface area is 370 Å². The van der Waals surface area contributed by atoms with Gasteiger partial charge in [-0.05, 0) is 92.4 Å². The van der Waals surface area contributed by atoms with Gasteiger partial charge in [0.05, 0.1) is 39.0 Å². The third kappa shape index (κ3) is 7.68. The summed E-state index contributed by atoms with van der Waals surface area (Å²) >= 11 is 0. The first-order valence-electron chi connectivity index (χ1n) is 21.6. The van der Waals surface area contributed by atoms with Crippen molar-refractivity contribution in [3.63, 3.8) is 0 Å². The molecule has 9 aromatic rings. The van der Waals surface area contributed by atoms with Gasteiger partial charge in [0.2, 0.25) is 0 Å². The van der Waals surface area contributed by atoms with Crippen LogP contribution in [0.15, 0.2) is 220 Å². The van der Waals surface area contributed by atoms with Crippen molar-refractivity contribution < 1.29 is 0 Å². The minimum atomic E-state index is 0.865. The van der Waals surface area contributed by atoms with E-state index in [0.29, 0.717) is 0 Å². The second-order valence-corrected chi connectivity index (χ2v) is 15.6. The largest absolute Gasteiger partial charge is 0.314 e. The van der Waals surface area contributed by atoms with Gasteiger partial charge in [0.25, 0.3) is 0 Å². The summed E-state index contributed by atoms with van der Waals surface area (Å²) in [7, 11) is 0. The molecule has 0 atom stereocenters. The highest BCUT2D eigenvalue weighted by Gasteiger charge is 2.23. The second kappa shape index (κ2) is 18.0. The molecule has 9 rings (SSSR count). The summed E-state index contributed by atoms with van der Waals surface area (Å²) in [5.74, 6) is 0. The molecule has 4 heteroatoms. The minimum absolute atomic E-state index is 0.865. The van der Waals surface area contributed by atoms with Crippen LogP contribution in [0, 0.1) is 0 Å². The number of pyridine rings is 1. The van der Waals surface area contributed by atoms with Gasteiger partial charge in [-0.3, -0.25) is 0 Å². The number of benzene rings is 5. The van der Waals surface area contributed by atoms with E-state index in [2.05, 4.69) is 211 Å². The van der Waals surface area contributed by atoms with Gasteiger partial charge in [0.1, 0.15) is 0 Å². The average Bonchev–Trinajstić information content (AvgIpc) is 3.97. The van der Waals surface area contributed by atoms with Crippen molar-refractivity contribution in [2.24, 2.45) is 0 Å². The number of fused-ring (bicyclic) bond motifs is 6. The van der Waals surface area contributed by atoms with Crippen molar-refractivity contribution in [2.75, 3.05) is 0 Å². The lowest BCUT2D eigenvalue weighted by Gasteiger charge is -2.13. The lowest BCUT2D eigenvalue weighted by atomic mass is 9.99. The topological polar surface area (TPSA) is 27.7 Å². The number of nitrogens with zero attached hydrogens (tertiary/aromatic N) is 4. The van der Waals surface area contributed by atoms with E-state index in [4.69, 9.17) is 4.98 Å². The normalized spacial score (nSPS) is 12.6. The predicted molar refractivity (Wildman–Crippen MR) is 273 cm³/mol. The van der Waals surface area contributed by atoms with Gasteiger partial charge in [0, 0.05) is 56.1 Å². The molecule has 0 saturated carbocycles. The van der Waals surface area contributed by atoms with Gasteiger partial charge < -0.3 is 13.7 Å². The molecule has 0 aliphatic rings. The highest BCUT2D eigenvalue weighted by Crippen LogP contribution is 2.42. The van der Waals surface area contributed by atoms with Gasteiger partial charge in [0.15, 0.2) is 0 Å². The quantitative estimate of drug-likeness (QED) is 0.0610. The van der Waals surface area contributed by atoms with E-state index in [0.717, 1.165) is 74.5 Å². The number of unbranched alkanes of at least 4 members (excludes halogenated alkanes) is 1. The molecule has 4 nitrogen and oxygen atoms in total. The Morgan fingerprint density at radius 3 is 2.11 bits per heavy atom. The summed E-state index contributed by atoms with van der Waals surface area (Å²) in [5.41, 5.74) is 16.4. The van der Waals surface area contributed by atoms with E-state index in [1.165, 1.54) is 38.4 Å². The molecular formula is C59H50N4. The zero-order valence-corrected chi connectivity index (χ0v) is 36.0. The lowest BCUT2D eigenvalue weighted by molar-refractivity contribution is 1.04. The maximum absolute atomic E-state index is 5.22. The molecule has 4 heterocycles. The van der Waals surface area contributed by atoms with Crippen molar-refractivity contribution in [2.45, 2.75) is 26.7 Å². The molecule has 0 saturated heterocycles. The molecule has 0 N–H and O–H groups in total. The Bertz CT molecular complexity index is 3320. The summed E-state index contributed by atoms with van der Waals surface area (Å²) in [5, 5.41) is 3.60. The van der Waals surface area contributed by atoms with Crippen LogP contribution in [-0.4, -0.2) is 18.7 Å². The van der Waals surface area contributed by atoms with Gasteiger partial charge in [-0.25, -0.2) is 4.98 Å². The molecule has 63 heavy (non-hydrogen) atoms. The molecule has 0 amide bonds. The number of hydrogen-bond acceptors (Lipinski definition) is 1. The summed E-state index contributed by atoms with van der Waals surface area (Å²) in [6.07, 6.45) is 26.5. The Hall–Kier alpha value is -7.95. The fourth-order valence-electron chi connectivity index (χ4n) is 8.77. The Kier molecular flexibility index (Phi) is 11.5. The molecule has 0 bridgehead atoms. The predicted octanol–water partition coefficient (Wildman–Crippen LogP) is 16.1. The third-order valence-electron chi connectivity index (χ3n) is 11.7. The molecule has 0 fully saturated rings. The van der Waals surface area contributed by atoms with Crippen molar-refractivity contribution in [1.82, 2.24) is 18.7 Å². The number of rotatable bonds is 14. The number of aromatic nitrogens is 4. The van der Waals surface area contributed by atoms with E-state index in [1.54, 1.807) is 12.2 Å². The fourth-order valence-corrected chi connectivity index (χ4v) is 8.77. The van der Waals surface area contributed by atoms with Gasteiger partial charge in [-0.1, -0.05) is 159 Å². The van der Waals surface area contributed by atoms with Gasteiger partial charge >= 0.3 is 0 Å². The van der Waals surface area contributed by atoms with Crippen LogP contribution in [0.4, 0.5) is 0 Å². The van der Waals surface area contributed by atoms with Gasteiger partial charge in [-0.2, -0.15) is 0 Å². The summed E-state index contributed by atoms with van der Waals surface area (Å²) in [4.78, 5) is 5.22. The molecule has 306 valence electrons. The standard InChI is InChI=1S/C59H50N4/c1-6-10-15-24-42(5)62-57-39-51-50-31-21-22-32-55(50)63(56(51)40-52(57)59-58(62)46(28-16-11-7-2)41-61(59)48-29-19-14-20-30-48)49-35-33-45(34-36-49)54-38-47(43-26-17-13-18-27-43)37-53(60-54)44(23-9-4)25-12-8-3/h6-9,11-14,16-41H,1,3-4,10,15H2,2,5H3/b11-7-,25-12-,28-16-,42-24+,44-23+. The van der Waals surface area contributed by atoms with Crippen LogP contribution in [0.5, 0.6) is 0 Å². The zero-order chi connectivity index (χ0) is 43.3. The van der Waals surface area contributed by atoms with Crippen LogP contribution in [0.1, 0.15) is 37.9 Å². The lowest BCUT2D eigenvalue weighted by Crippen LogP contribution is -1.96. The highest BCUT2D eigenvalue weighted by atomic mass is 15.1. The molecule has 0 aliphatic heterocycles. The molecule has 0 unspecified atom stereocenters. The third-order valence-corrected chi connectivity index (χ3v) is 11.7. The van der Waals surface area contributed by atoms with E-state index in [-0.39, 0.29) is 0 Å². The van der Waals surface area contributed by atoms with E-state index >= 15 is 0 Å². The summed E-state index contributed by atoms with van der Waals surface area (Å²) in [6.45, 7) is 16.1. The first-order valence-corrected chi connectivity index (χ1v) is 21.6. The Morgan fingerprint density at radius 2 is 1.37 bits per heavy atom. The molecule has 0 spiro atoms. The number of allylic oxidation sites excluding steroid dienone is 12. The molecule has 0 aliphatic carbocycles. The van der Waals surface area contributed by atoms with Crippen LogP contribution < -0.4 is 0 Å². The monoisotopic (exact) mass is 814 g/mol. The van der Waals surface area contributed by atoms with Crippen molar-refractivity contribution in [1.29, 1.82) is 0 Å². The maximum atomic E-state index is 5.22. The van der Waals surface area contributed by atoms with Crippen LogP contribution in [0.3, 0.4) is 0 Å². The fraction of sp³-hybridized carbons (Fsp3) is 0.0678. The smallest absolute Gasteiger partial charge is 0.0799 e. The maximum Gasteiger partial charge on any atom is 0.0799 e. The molecular weight excluding hydrogens is 765 g/mol. The van der Waals surface area contributed by atoms with E-state index in [9.17, 15) is 0 Å². The van der Waals surface area contributed by atoms with Crippen LogP contribution in [-0.2, 0) is 0 Å². The zero-order valence-electron chi connectivity index (χ0n) is 36.0. The summed E-state index contributed by atoms with van der Waals surface area (Å²) in [6, 6.07) is 47.9. The van der Waals surface area contributed by atoms with Gasteiger partial charge in [-0.15, -0.1) is 6.58 Å². The second-order valence-electron chi connectivity index (χ2n) is 15.6. The van der Waals surface area contributed by atoms with E-state index in [1.807, 2.05) is 30.4 Å². The highest BCUT2D eigenvalue weighted by molar-refractivity contribution is 6.20. The summed E-state index contributed by atoms with van der Waals surface area (Å²) < 4.78 is 7.25. The average molecular weight is 815 g/mol. The van der Waals surface area contributed by atoms with Crippen LogP contribution in [0.2, 0.25) is 0 Å². The molecule has 0 radical (unpaired) electrons. The molecule has 5 aromatic carbocycles. The Balaban J connectivity index is 1.27. The first-order chi connectivity index (χ1) is 31.0. The SMILES string of the molecule is C=C/C=C\C(=C/C=C)c1cc(-c2ccccc2)cc(-c2ccc(-n3c4ccccc4c4cc5c(cc43)c3c(c(/C=C\C=C/C)cn3-c3ccccc3)n5/C(C)=C/CCC=C)cc2)n1. The number of hydrogen-bond donors (Lipinski definition) is 0. The molecule has 4 aromatic heterocycles.